The van der Waals surface area contributed by atoms with E-state index in [1.54, 1.807) is 0 Å². The van der Waals surface area contributed by atoms with Crippen molar-refractivity contribution in [2.45, 2.75) is 13.3 Å². The third-order valence-electron chi connectivity index (χ3n) is 2.75. The van der Waals surface area contributed by atoms with Crippen LogP contribution >= 0.6 is 0 Å². The molecule has 60 valence electrons. The molecule has 2 fully saturated rings. The molecule has 0 amide bonds. The number of carbonyl (C=O) groups is 1. The van der Waals surface area contributed by atoms with Crippen LogP contribution in [0.1, 0.15) is 13.3 Å². The van der Waals surface area contributed by atoms with Gasteiger partial charge in [-0.05, 0) is 19.3 Å². The first-order chi connectivity index (χ1) is 5.33. The molecule has 0 aromatic rings. The molecule has 0 spiro atoms. The van der Waals surface area contributed by atoms with Gasteiger partial charge in [-0.15, -0.1) is 0 Å². The molecule has 2 heteroatoms. The van der Waals surface area contributed by atoms with Gasteiger partial charge in [0.15, 0.2) is 0 Å². The van der Waals surface area contributed by atoms with E-state index in [0.717, 1.165) is 6.42 Å². The standard InChI is InChI=1S/C9H12O2/c1-2-3-6-4-7-8(6)5-11-9(7)10/h2-3,6-8H,4-5H2,1H3/b3-2+/t6-,7-,8+/m0/s1. The van der Waals surface area contributed by atoms with Crippen LogP contribution in [0, 0.1) is 17.8 Å². The lowest BCUT2D eigenvalue weighted by molar-refractivity contribution is -0.142. The van der Waals surface area contributed by atoms with Crippen LogP contribution in [0.15, 0.2) is 12.2 Å². The zero-order valence-corrected chi connectivity index (χ0v) is 6.62. The Morgan fingerprint density at radius 3 is 3.09 bits per heavy atom. The molecule has 1 saturated carbocycles. The van der Waals surface area contributed by atoms with Crippen molar-refractivity contribution in [3.05, 3.63) is 12.2 Å². The van der Waals surface area contributed by atoms with E-state index in [2.05, 4.69) is 12.2 Å². The SMILES string of the molecule is C/C=C/[C@H]1C[C@@H]2C(=O)OC[C@@H]21. The van der Waals surface area contributed by atoms with Crippen molar-refractivity contribution in [2.75, 3.05) is 6.61 Å². The van der Waals surface area contributed by atoms with Crippen LogP contribution < -0.4 is 0 Å². The van der Waals surface area contributed by atoms with Crippen molar-refractivity contribution >= 4 is 5.97 Å². The summed E-state index contributed by atoms with van der Waals surface area (Å²) in [5, 5.41) is 0. The van der Waals surface area contributed by atoms with Crippen molar-refractivity contribution < 1.29 is 9.53 Å². The number of rotatable bonds is 1. The van der Waals surface area contributed by atoms with Crippen molar-refractivity contribution in [3.63, 3.8) is 0 Å². The number of allylic oxidation sites excluding steroid dienone is 2. The Kier molecular flexibility index (Phi) is 1.48. The zero-order chi connectivity index (χ0) is 7.84. The van der Waals surface area contributed by atoms with Crippen molar-refractivity contribution in [3.8, 4) is 0 Å². The number of hydrogen-bond acceptors (Lipinski definition) is 2. The minimum atomic E-state index is 0.0238. The van der Waals surface area contributed by atoms with Crippen LogP contribution in [0.5, 0.6) is 0 Å². The molecule has 0 aromatic heterocycles. The lowest BCUT2D eigenvalue weighted by Crippen LogP contribution is -2.35. The summed E-state index contributed by atoms with van der Waals surface area (Å²) >= 11 is 0. The number of hydrogen-bond donors (Lipinski definition) is 0. The molecule has 11 heavy (non-hydrogen) atoms. The first-order valence-electron chi connectivity index (χ1n) is 4.12. The van der Waals surface area contributed by atoms with E-state index in [1.165, 1.54) is 0 Å². The second-order valence-electron chi connectivity index (χ2n) is 3.33. The van der Waals surface area contributed by atoms with E-state index in [9.17, 15) is 4.79 Å². The van der Waals surface area contributed by atoms with Gasteiger partial charge in [-0.25, -0.2) is 0 Å². The molecule has 2 nitrogen and oxygen atoms in total. The molecular formula is C9H12O2. The second kappa shape index (κ2) is 2.36. The highest BCUT2D eigenvalue weighted by Gasteiger charge is 2.49. The van der Waals surface area contributed by atoms with Gasteiger partial charge in [0.05, 0.1) is 12.5 Å². The fraction of sp³-hybridized carbons (Fsp3) is 0.667. The van der Waals surface area contributed by atoms with Crippen LogP contribution in [0.3, 0.4) is 0 Å². The van der Waals surface area contributed by atoms with Gasteiger partial charge >= 0.3 is 5.97 Å². The average Bonchev–Trinajstić information content (AvgIpc) is 2.22. The highest BCUT2D eigenvalue weighted by molar-refractivity contribution is 5.76. The van der Waals surface area contributed by atoms with E-state index in [4.69, 9.17) is 4.74 Å². The molecule has 1 saturated heterocycles. The predicted octanol–water partition coefficient (Wildman–Crippen LogP) is 1.37. The maximum Gasteiger partial charge on any atom is 0.309 e. The lowest BCUT2D eigenvalue weighted by atomic mass is 9.66. The van der Waals surface area contributed by atoms with E-state index >= 15 is 0 Å². The fourth-order valence-corrected chi connectivity index (χ4v) is 2.01. The Bertz CT molecular complexity index is 208. The number of cyclic esters (lactones) is 1. The maximum absolute atomic E-state index is 10.9. The summed E-state index contributed by atoms with van der Waals surface area (Å²) in [6, 6.07) is 0. The van der Waals surface area contributed by atoms with Gasteiger partial charge in [0.2, 0.25) is 0 Å². The van der Waals surface area contributed by atoms with Crippen LogP contribution in [-0.4, -0.2) is 12.6 Å². The van der Waals surface area contributed by atoms with E-state index in [0.29, 0.717) is 18.4 Å². The van der Waals surface area contributed by atoms with Crippen LogP contribution in [0.25, 0.3) is 0 Å². The molecule has 1 aliphatic carbocycles. The summed E-state index contributed by atoms with van der Waals surface area (Å²) in [4.78, 5) is 10.9. The van der Waals surface area contributed by atoms with Crippen molar-refractivity contribution in [1.29, 1.82) is 0 Å². The Morgan fingerprint density at radius 1 is 1.64 bits per heavy atom. The van der Waals surface area contributed by atoms with Crippen LogP contribution in [0.2, 0.25) is 0 Å². The molecule has 0 unspecified atom stereocenters. The summed E-state index contributed by atoms with van der Waals surface area (Å²) < 4.78 is 4.94. The van der Waals surface area contributed by atoms with Crippen molar-refractivity contribution in [1.82, 2.24) is 0 Å². The Morgan fingerprint density at radius 2 is 2.45 bits per heavy atom. The first-order valence-corrected chi connectivity index (χ1v) is 4.12. The molecule has 0 aromatic carbocycles. The maximum atomic E-state index is 10.9. The number of carbonyl (C=O) groups excluding carboxylic acids is 1. The molecule has 0 bridgehead atoms. The smallest absolute Gasteiger partial charge is 0.309 e. The molecule has 3 atom stereocenters. The van der Waals surface area contributed by atoms with Gasteiger partial charge in [0.25, 0.3) is 0 Å². The lowest BCUT2D eigenvalue weighted by Gasteiger charge is -2.34. The third kappa shape index (κ3) is 0.889. The summed E-state index contributed by atoms with van der Waals surface area (Å²) in [6.07, 6.45) is 5.25. The van der Waals surface area contributed by atoms with Gasteiger partial charge in [-0.1, -0.05) is 12.2 Å². The largest absolute Gasteiger partial charge is 0.465 e. The predicted molar refractivity (Wildman–Crippen MR) is 40.9 cm³/mol. The topological polar surface area (TPSA) is 26.3 Å². The molecule has 0 N–H and O–H groups in total. The minimum Gasteiger partial charge on any atom is -0.465 e. The van der Waals surface area contributed by atoms with Crippen molar-refractivity contribution in [2.24, 2.45) is 17.8 Å². The van der Waals surface area contributed by atoms with Gasteiger partial charge in [-0.3, -0.25) is 4.79 Å². The van der Waals surface area contributed by atoms with Gasteiger partial charge < -0.3 is 4.74 Å². The average molecular weight is 152 g/mol. The quantitative estimate of drug-likeness (QED) is 0.419. The van der Waals surface area contributed by atoms with Gasteiger partial charge in [0.1, 0.15) is 0 Å². The monoisotopic (exact) mass is 152 g/mol. The molecule has 0 radical (unpaired) electrons. The molecular weight excluding hydrogens is 140 g/mol. The minimum absolute atomic E-state index is 0.0238. The molecule has 2 aliphatic rings. The fourth-order valence-electron chi connectivity index (χ4n) is 2.01. The molecule has 1 aliphatic heterocycles. The number of ether oxygens (including phenoxy) is 1. The Hall–Kier alpha value is -0.790. The summed E-state index contributed by atoms with van der Waals surface area (Å²) in [5.74, 6) is 1.36. The summed E-state index contributed by atoms with van der Waals surface area (Å²) in [6.45, 7) is 2.67. The summed E-state index contributed by atoms with van der Waals surface area (Å²) in [7, 11) is 0. The molecule has 2 rings (SSSR count). The number of esters is 1. The van der Waals surface area contributed by atoms with Gasteiger partial charge in [0, 0.05) is 5.92 Å². The van der Waals surface area contributed by atoms with E-state index in [-0.39, 0.29) is 11.9 Å². The van der Waals surface area contributed by atoms with E-state index < -0.39 is 0 Å². The van der Waals surface area contributed by atoms with Gasteiger partial charge in [-0.2, -0.15) is 0 Å². The second-order valence-corrected chi connectivity index (χ2v) is 3.33. The normalized spacial score (nSPS) is 41.9. The highest BCUT2D eigenvalue weighted by atomic mass is 16.5. The Labute approximate surface area is 66.2 Å². The summed E-state index contributed by atoms with van der Waals surface area (Å²) in [5.41, 5.74) is 0. The van der Waals surface area contributed by atoms with E-state index in [1.807, 2.05) is 6.92 Å². The zero-order valence-electron chi connectivity index (χ0n) is 6.62. The Balaban J connectivity index is 2.01. The number of fused-ring (bicyclic) bond motifs is 1. The van der Waals surface area contributed by atoms with Crippen LogP contribution in [-0.2, 0) is 9.53 Å². The first kappa shape index (κ1) is 6.89. The third-order valence-corrected chi connectivity index (χ3v) is 2.75. The molecule has 1 heterocycles. The van der Waals surface area contributed by atoms with Crippen LogP contribution in [0.4, 0.5) is 0 Å². The highest BCUT2D eigenvalue weighted by Crippen LogP contribution is 2.45.